The quantitative estimate of drug-likeness (QED) is 0.180. The van der Waals surface area contributed by atoms with Crippen molar-refractivity contribution in [3.63, 3.8) is 0 Å². The van der Waals surface area contributed by atoms with Crippen LogP contribution in [-0.2, 0) is 33.3 Å². The van der Waals surface area contributed by atoms with Gasteiger partial charge in [0.1, 0.15) is 11.5 Å². The summed E-state index contributed by atoms with van der Waals surface area (Å²) in [5.74, 6) is 1.38. The van der Waals surface area contributed by atoms with Crippen LogP contribution in [0, 0.1) is 13.8 Å². The molecule has 2 rings (SSSR count). The average molecular weight is 589 g/mol. The van der Waals surface area contributed by atoms with Crippen LogP contribution >= 0.6 is 10.0 Å². The summed E-state index contributed by atoms with van der Waals surface area (Å²) in [7, 11) is -1.57. The second-order valence-corrected chi connectivity index (χ2v) is 17.8. The maximum Gasteiger partial charge on any atom is 0.304 e. The molecule has 230 valence electrons. The fourth-order valence-corrected chi connectivity index (χ4v) is 9.54. The van der Waals surface area contributed by atoms with Gasteiger partial charge in [0.25, 0.3) is 0 Å². The number of rotatable bonds is 14. The summed E-state index contributed by atoms with van der Waals surface area (Å²) in [6, 6.07) is 8.09. The molecule has 2 aromatic rings. The molecule has 0 spiro atoms. The zero-order valence-corrected chi connectivity index (χ0v) is 27.2. The molecule has 0 saturated heterocycles. The van der Waals surface area contributed by atoms with Crippen molar-refractivity contribution < 1.29 is 30.0 Å². The Hall–Kier alpha value is -2.67. The van der Waals surface area contributed by atoms with E-state index >= 15 is 0 Å². The molecule has 0 fully saturated rings. The van der Waals surface area contributed by atoms with E-state index in [-0.39, 0.29) is 23.7 Å². The van der Waals surface area contributed by atoms with Crippen LogP contribution in [-0.4, -0.2) is 55.4 Å². The van der Waals surface area contributed by atoms with Crippen molar-refractivity contribution in [1.29, 1.82) is 0 Å². The normalized spacial score (nSPS) is 12.9. The summed E-state index contributed by atoms with van der Waals surface area (Å²) in [6.07, 6.45) is 2.83. The molecule has 41 heavy (non-hydrogen) atoms. The van der Waals surface area contributed by atoms with Crippen LogP contribution in [0.25, 0.3) is 0 Å². The van der Waals surface area contributed by atoms with Crippen molar-refractivity contribution in [2.45, 2.75) is 105 Å². The molecule has 0 aromatic heterocycles. The molecule has 0 unspecified atom stereocenters. The standard InChI is InChI=1S/C34H52O6S/c1-23-19-25(31(39)27(21-23)33(3,4)5)11-9-15-41(17-13-29(35)36,18-14-30(37)38)16-10-12-26-20-24(2)22-28(32(26)40)34(6,7)8/h19-22,39-40H,9-18H2,1-8H3,(H,35,36)(H,37,38). The number of benzene rings is 2. The van der Waals surface area contributed by atoms with Gasteiger partial charge in [-0.15, -0.1) is 0 Å². The highest BCUT2D eigenvalue weighted by molar-refractivity contribution is 8.33. The van der Waals surface area contributed by atoms with E-state index in [2.05, 4.69) is 41.5 Å². The number of phenols is 2. The van der Waals surface area contributed by atoms with Gasteiger partial charge in [-0.25, -0.2) is 10.0 Å². The molecule has 7 heteroatoms. The SMILES string of the molecule is Cc1cc(CCCS(CCCc2cc(C)cc(C(C)(C)C)c2O)(CCC(=O)O)CCC(=O)O)c(O)c(C(C)(C)C)c1. The third-order valence-electron chi connectivity index (χ3n) is 7.83. The summed E-state index contributed by atoms with van der Waals surface area (Å²) < 4.78 is 0. The second-order valence-electron chi connectivity index (χ2n) is 13.7. The fourth-order valence-electron chi connectivity index (χ4n) is 5.59. The lowest BCUT2D eigenvalue weighted by Gasteiger charge is -2.40. The monoisotopic (exact) mass is 588 g/mol. The second kappa shape index (κ2) is 14.0. The minimum atomic E-state index is -1.57. The third-order valence-corrected chi connectivity index (χ3v) is 12.3. The number of hydrogen-bond acceptors (Lipinski definition) is 4. The van der Waals surface area contributed by atoms with Gasteiger partial charge >= 0.3 is 11.9 Å². The van der Waals surface area contributed by atoms with E-state index in [1.165, 1.54) is 0 Å². The van der Waals surface area contributed by atoms with E-state index in [0.717, 1.165) is 57.7 Å². The summed E-state index contributed by atoms with van der Waals surface area (Å²) >= 11 is 0. The minimum absolute atomic E-state index is 0.0166. The third kappa shape index (κ3) is 10.3. The van der Waals surface area contributed by atoms with Crippen molar-refractivity contribution in [2.24, 2.45) is 0 Å². The first-order valence-electron chi connectivity index (χ1n) is 14.7. The largest absolute Gasteiger partial charge is 0.507 e. The number of hydrogen-bond donors (Lipinski definition) is 4. The lowest BCUT2D eigenvalue weighted by atomic mass is 9.83. The van der Waals surface area contributed by atoms with E-state index in [9.17, 15) is 30.0 Å². The highest BCUT2D eigenvalue weighted by Crippen LogP contribution is 2.51. The minimum Gasteiger partial charge on any atom is -0.507 e. The smallest absolute Gasteiger partial charge is 0.304 e. The molecule has 0 aliphatic carbocycles. The molecular weight excluding hydrogens is 536 g/mol. The molecule has 0 saturated carbocycles. The number of aliphatic carboxylic acids is 2. The van der Waals surface area contributed by atoms with Crippen molar-refractivity contribution in [1.82, 2.24) is 0 Å². The van der Waals surface area contributed by atoms with Gasteiger partial charge in [0.2, 0.25) is 0 Å². The highest BCUT2D eigenvalue weighted by atomic mass is 32.3. The Labute approximate surface area is 248 Å². The Morgan fingerprint density at radius 1 is 0.634 bits per heavy atom. The van der Waals surface area contributed by atoms with Crippen molar-refractivity contribution in [2.75, 3.05) is 23.0 Å². The molecule has 0 bridgehead atoms. The van der Waals surface area contributed by atoms with E-state index in [4.69, 9.17) is 0 Å². The van der Waals surface area contributed by atoms with Crippen LogP contribution in [0.3, 0.4) is 0 Å². The van der Waals surface area contributed by atoms with Crippen molar-refractivity contribution in [3.05, 3.63) is 57.6 Å². The number of aryl methyl sites for hydroxylation is 4. The molecule has 0 atom stereocenters. The van der Waals surface area contributed by atoms with E-state index < -0.39 is 22.0 Å². The molecule has 4 N–H and O–H groups in total. The van der Waals surface area contributed by atoms with Gasteiger partial charge in [0, 0.05) is 0 Å². The molecule has 2 aromatic carbocycles. The molecular formula is C34H52O6S. The first-order chi connectivity index (χ1) is 18.8. The van der Waals surface area contributed by atoms with E-state index in [0.29, 0.717) is 35.8 Å². The maximum atomic E-state index is 11.6. The Morgan fingerprint density at radius 2 is 0.976 bits per heavy atom. The van der Waals surface area contributed by atoms with Gasteiger partial charge in [-0.3, -0.25) is 9.59 Å². The molecule has 0 amide bonds. The van der Waals surface area contributed by atoms with Crippen molar-refractivity contribution >= 4 is 22.0 Å². The van der Waals surface area contributed by atoms with Crippen LogP contribution in [0.5, 0.6) is 11.5 Å². The number of aromatic hydroxyl groups is 2. The number of carboxylic acid groups (broad SMARTS) is 2. The van der Waals surface area contributed by atoms with E-state index in [1.54, 1.807) is 0 Å². The van der Waals surface area contributed by atoms with Gasteiger partial charge in [-0.05, 0) is 95.6 Å². The first-order valence-corrected chi connectivity index (χ1v) is 17.0. The van der Waals surface area contributed by atoms with Crippen LogP contribution in [0.2, 0.25) is 0 Å². The topological polar surface area (TPSA) is 115 Å². The Balaban J connectivity index is 2.31. The van der Waals surface area contributed by atoms with E-state index in [1.807, 2.05) is 38.1 Å². The lowest BCUT2D eigenvalue weighted by molar-refractivity contribution is -0.137. The van der Waals surface area contributed by atoms with Gasteiger partial charge in [-0.1, -0.05) is 76.9 Å². The maximum absolute atomic E-state index is 11.6. The van der Waals surface area contributed by atoms with Crippen LogP contribution in [0.15, 0.2) is 24.3 Å². The Kier molecular flexibility index (Phi) is 11.8. The molecule has 6 nitrogen and oxygen atoms in total. The lowest BCUT2D eigenvalue weighted by Crippen LogP contribution is -2.22. The average Bonchev–Trinajstić information content (AvgIpc) is 2.83. The Morgan fingerprint density at radius 3 is 1.27 bits per heavy atom. The number of carboxylic acids is 2. The Bertz CT molecular complexity index is 1120. The van der Waals surface area contributed by atoms with Crippen LogP contribution in [0.1, 0.15) is 101 Å². The van der Waals surface area contributed by atoms with Crippen LogP contribution in [0.4, 0.5) is 0 Å². The van der Waals surface area contributed by atoms with Gasteiger partial charge in [0.15, 0.2) is 0 Å². The zero-order chi connectivity index (χ0) is 31.2. The molecule has 0 aliphatic rings. The zero-order valence-electron chi connectivity index (χ0n) is 26.4. The summed E-state index contributed by atoms with van der Waals surface area (Å²) in [5.41, 5.74) is 5.38. The van der Waals surface area contributed by atoms with Gasteiger partial charge in [0.05, 0.1) is 12.8 Å². The highest BCUT2D eigenvalue weighted by Gasteiger charge is 2.27. The number of phenolic OH excluding ortho intramolecular Hbond substituents is 2. The molecule has 0 heterocycles. The van der Waals surface area contributed by atoms with Crippen molar-refractivity contribution in [3.8, 4) is 11.5 Å². The predicted molar refractivity (Wildman–Crippen MR) is 171 cm³/mol. The fraction of sp³-hybridized carbons (Fsp3) is 0.588. The first kappa shape index (κ1) is 34.5. The predicted octanol–water partition coefficient (Wildman–Crippen LogP) is 7.63. The number of carbonyl (C=O) groups is 2. The van der Waals surface area contributed by atoms with Gasteiger partial charge < -0.3 is 20.4 Å². The van der Waals surface area contributed by atoms with Crippen LogP contribution < -0.4 is 0 Å². The summed E-state index contributed by atoms with van der Waals surface area (Å²) in [5, 5.41) is 41.2. The molecule has 0 radical (unpaired) electrons. The summed E-state index contributed by atoms with van der Waals surface area (Å²) in [4.78, 5) is 23.3. The van der Waals surface area contributed by atoms with Gasteiger partial charge in [-0.2, -0.15) is 0 Å². The molecule has 0 aliphatic heterocycles. The summed E-state index contributed by atoms with van der Waals surface area (Å²) in [6.45, 7) is 16.5.